The topological polar surface area (TPSA) is 56.1 Å². The van der Waals surface area contributed by atoms with Crippen molar-refractivity contribution in [3.8, 4) is 17.2 Å². The molecule has 0 bridgehead atoms. The molecule has 7 rings (SSSR count). The molecule has 7 heteroatoms. The molecule has 1 aliphatic rings. The monoisotopic (exact) mass is 589 g/mol. The van der Waals surface area contributed by atoms with Gasteiger partial charge in [-0.3, -0.25) is 0 Å². The molecule has 3 aromatic carbocycles. The van der Waals surface area contributed by atoms with Gasteiger partial charge in [0, 0.05) is 0 Å². The maximum atomic E-state index is 6.44. The summed E-state index contributed by atoms with van der Waals surface area (Å²) in [5, 5.41) is 0. The van der Waals surface area contributed by atoms with E-state index in [1.54, 1.807) is 0 Å². The molecular weight excluding hydrogens is 561 g/mol. The van der Waals surface area contributed by atoms with E-state index in [0.29, 0.717) is 0 Å². The van der Waals surface area contributed by atoms with E-state index in [4.69, 9.17) is 9.72 Å². The Bertz CT molecular complexity index is 1860. The molecule has 40 heavy (non-hydrogen) atoms. The van der Waals surface area contributed by atoms with Gasteiger partial charge < -0.3 is 0 Å². The Morgan fingerprint density at radius 3 is 2.45 bits per heavy atom. The third-order valence-corrected chi connectivity index (χ3v) is 9.24. The summed E-state index contributed by atoms with van der Waals surface area (Å²) in [7, 11) is 0. The fourth-order valence-electron chi connectivity index (χ4n) is 4.94. The number of ether oxygens (including phenoxy) is 1. The molecule has 6 aromatic rings. The van der Waals surface area contributed by atoms with E-state index in [1.807, 2.05) is 61.2 Å². The van der Waals surface area contributed by atoms with Gasteiger partial charge in [-0.25, -0.2) is 0 Å². The molecule has 0 aliphatic carbocycles. The standard InChI is InChI=1S/C33H27N5OSe/c1-33(2,3)22-12-14-27-26(18-22)36-21-37(27)23-8-6-9-24(19-23)39-25-13-15-30-29(20-25)38(31-11-4-5-16-34-31)28-10-7-17-35-32(28)40-30/h4-21H,1-3H3. The van der Waals surface area contributed by atoms with Gasteiger partial charge in [0.1, 0.15) is 0 Å². The van der Waals surface area contributed by atoms with Crippen LogP contribution in [0.15, 0.2) is 110 Å². The molecule has 0 radical (unpaired) electrons. The predicted molar refractivity (Wildman–Crippen MR) is 162 cm³/mol. The number of benzene rings is 3. The van der Waals surface area contributed by atoms with Gasteiger partial charge in [0.2, 0.25) is 0 Å². The van der Waals surface area contributed by atoms with Crippen molar-refractivity contribution >= 4 is 52.2 Å². The average molecular weight is 589 g/mol. The van der Waals surface area contributed by atoms with Crippen LogP contribution in [-0.4, -0.2) is 34.5 Å². The van der Waals surface area contributed by atoms with Gasteiger partial charge in [-0.15, -0.1) is 0 Å². The van der Waals surface area contributed by atoms with E-state index in [0.717, 1.165) is 50.0 Å². The molecule has 0 amide bonds. The third-order valence-electron chi connectivity index (χ3n) is 6.99. The number of aromatic nitrogens is 4. The Kier molecular flexibility index (Phi) is 5.92. The SMILES string of the molecule is CC(C)(C)c1ccc2c(c1)ncn2-c1cccc(Oc2ccc3c(c2)N(c2ccccn2)c2cccnc2[Se]3)c1. The molecule has 3 aromatic heterocycles. The Morgan fingerprint density at radius 1 is 0.725 bits per heavy atom. The van der Waals surface area contributed by atoms with Gasteiger partial charge in [-0.1, -0.05) is 20.8 Å². The quantitative estimate of drug-likeness (QED) is 0.225. The van der Waals surface area contributed by atoms with Crippen LogP contribution in [0.3, 0.4) is 0 Å². The van der Waals surface area contributed by atoms with Crippen LogP contribution in [0.25, 0.3) is 16.7 Å². The first-order chi connectivity index (χ1) is 19.4. The molecule has 0 saturated carbocycles. The molecule has 0 N–H and O–H groups in total. The third kappa shape index (κ3) is 4.43. The van der Waals surface area contributed by atoms with Crippen molar-refractivity contribution in [2.24, 2.45) is 0 Å². The van der Waals surface area contributed by atoms with E-state index in [1.165, 1.54) is 10.0 Å². The molecule has 6 nitrogen and oxygen atoms in total. The summed E-state index contributed by atoms with van der Waals surface area (Å²) in [6, 6.07) is 31.0. The van der Waals surface area contributed by atoms with Gasteiger partial charge in [-0.05, 0) is 11.0 Å². The van der Waals surface area contributed by atoms with Crippen LogP contribution in [0.4, 0.5) is 17.2 Å². The molecule has 1 aliphatic heterocycles. The molecule has 0 spiro atoms. The Labute approximate surface area is 239 Å². The predicted octanol–water partition coefficient (Wildman–Crippen LogP) is 6.34. The summed E-state index contributed by atoms with van der Waals surface area (Å²) in [4.78, 5) is 16.2. The number of hydrogen-bond acceptors (Lipinski definition) is 5. The normalized spacial score (nSPS) is 12.7. The van der Waals surface area contributed by atoms with E-state index >= 15 is 0 Å². The number of nitrogens with zero attached hydrogens (tertiary/aromatic N) is 5. The van der Waals surface area contributed by atoms with E-state index in [9.17, 15) is 0 Å². The molecule has 0 atom stereocenters. The number of rotatable bonds is 4. The van der Waals surface area contributed by atoms with Crippen molar-refractivity contribution in [3.63, 3.8) is 0 Å². The average Bonchev–Trinajstić information content (AvgIpc) is 3.40. The summed E-state index contributed by atoms with van der Waals surface area (Å²) >= 11 is 0.0883. The Morgan fingerprint density at radius 2 is 1.60 bits per heavy atom. The van der Waals surface area contributed by atoms with Crippen molar-refractivity contribution in [1.29, 1.82) is 0 Å². The summed E-state index contributed by atoms with van der Waals surface area (Å²) in [6.07, 6.45) is 5.56. The summed E-state index contributed by atoms with van der Waals surface area (Å²) < 4.78 is 10.9. The first kappa shape index (κ1) is 24.6. The van der Waals surface area contributed by atoms with Gasteiger partial charge in [0.05, 0.1) is 0 Å². The molecular formula is C33H27N5OSe. The molecule has 0 unspecified atom stereocenters. The fraction of sp³-hybridized carbons (Fsp3) is 0.121. The zero-order chi connectivity index (χ0) is 27.3. The van der Waals surface area contributed by atoms with Crippen LogP contribution in [0, 0.1) is 0 Å². The van der Waals surface area contributed by atoms with Gasteiger partial charge in [0.25, 0.3) is 0 Å². The van der Waals surface area contributed by atoms with Crippen molar-refractivity contribution < 1.29 is 4.74 Å². The van der Waals surface area contributed by atoms with E-state index in [-0.39, 0.29) is 20.4 Å². The molecule has 0 saturated heterocycles. The van der Waals surface area contributed by atoms with Crippen LogP contribution in [0.1, 0.15) is 26.3 Å². The second kappa shape index (κ2) is 9.63. The number of fused-ring (bicyclic) bond motifs is 3. The summed E-state index contributed by atoms with van der Waals surface area (Å²) in [6.45, 7) is 6.66. The number of anilines is 3. The second-order valence-electron chi connectivity index (χ2n) is 10.8. The zero-order valence-corrected chi connectivity index (χ0v) is 24.2. The van der Waals surface area contributed by atoms with Gasteiger partial charge in [-0.2, -0.15) is 0 Å². The van der Waals surface area contributed by atoms with Crippen molar-refractivity contribution in [3.05, 3.63) is 115 Å². The summed E-state index contributed by atoms with van der Waals surface area (Å²) in [5.41, 5.74) is 6.54. The van der Waals surface area contributed by atoms with Crippen molar-refractivity contribution in [2.45, 2.75) is 26.2 Å². The van der Waals surface area contributed by atoms with Crippen molar-refractivity contribution in [2.75, 3.05) is 4.90 Å². The van der Waals surface area contributed by atoms with Crippen LogP contribution < -0.4 is 18.7 Å². The van der Waals surface area contributed by atoms with E-state index < -0.39 is 0 Å². The number of imidazole rings is 1. The Balaban J connectivity index is 1.23. The zero-order valence-electron chi connectivity index (χ0n) is 22.4. The van der Waals surface area contributed by atoms with Crippen LogP contribution >= 0.6 is 0 Å². The first-order valence-electron chi connectivity index (χ1n) is 13.2. The number of hydrogen-bond donors (Lipinski definition) is 0. The minimum absolute atomic E-state index is 0.0759. The molecule has 0 fully saturated rings. The fourth-order valence-corrected chi connectivity index (χ4v) is 6.99. The second-order valence-corrected chi connectivity index (χ2v) is 12.9. The van der Waals surface area contributed by atoms with E-state index in [2.05, 4.69) is 88.7 Å². The molecule has 4 heterocycles. The minimum atomic E-state index is 0.0759. The van der Waals surface area contributed by atoms with Crippen molar-refractivity contribution in [1.82, 2.24) is 19.5 Å². The Hall–Kier alpha value is -4.45. The summed E-state index contributed by atoms with van der Waals surface area (Å²) in [5.74, 6) is 2.39. The van der Waals surface area contributed by atoms with Crippen LogP contribution in [0.5, 0.6) is 11.5 Å². The van der Waals surface area contributed by atoms with Gasteiger partial charge in [0.15, 0.2) is 0 Å². The number of pyridine rings is 2. The maximum absolute atomic E-state index is 6.44. The van der Waals surface area contributed by atoms with Crippen LogP contribution in [-0.2, 0) is 5.41 Å². The van der Waals surface area contributed by atoms with Gasteiger partial charge >= 0.3 is 208 Å². The first-order valence-corrected chi connectivity index (χ1v) is 14.9. The molecule has 196 valence electrons. The van der Waals surface area contributed by atoms with Crippen LogP contribution in [0.2, 0.25) is 0 Å².